The van der Waals surface area contributed by atoms with Gasteiger partial charge >= 0.3 is 0 Å². The molecular formula is C18H17Cl2N5O2. The predicted octanol–water partition coefficient (Wildman–Crippen LogP) is 3.26. The molecule has 1 amide bonds. The van der Waals surface area contributed by atoms with Gasteiger partial charge in [0.1, 0.15) is 17.8 Å². The lowest BCUT2D eigenvalue weighted by molar-refractivity contribution is -0.134. The molecule has 1 aliphatic heterocycles. The van der Waals surface area contributed by atoms with Crippen LogP contribution in [0, 0.1) is 6.92 Å². The zero-order chi connectivity index (χ0) is 19.1. The first-order chi connectivity index (χ1) is 13.0. The van der Waals surface area contributed by atoms with Gasteiger partial charge in [-0.05, 0) is 24.1 Å². The zero-order valence-corrected chi connectivity index (χ0v) is 16.2. The summed E-state index contributed by atoms with van der Waals surface area (Å²) in [4.78, 5) is 24.8. The molecule has 0 unspecified atom stereocenters. The maximum absolute atomic E-state index is 12.4. The van der Waals surface area contributed by atoms with Crippen LogP contribution in [-0.4, -0.2) is 38.6 Å². The van der Waals surface area contributed by atoms with Gasteiger partial charge in [-0.25, -0.2) is 9.97 Å². The molecule has 1 N–H and O–H groups in total. The number of nitrogens with one attached hydrogen (secondary N) is 1. The van der Waals surface area contributed by atoms with Gasteiger partial charge in [-0.1, -0.05) is 41.4 Å². The minimum Gasteiger partial charge on any atom is -0.357 e. The molecule has 0 radical (unpaired) electrons. The molecule has 0 bridgehead atoms. The number of fused-ring (bicyclic) bond motifs is 1. The smallest absolute Gasteiger partial charge is 0.249 e. The van der Waals surface area contributed by atoms with E-state index in [1.54, 1.807) is 17.9 Å². The fraction of sp³-hybridized carbons (Fsp3) is 0.333. The molecule has 0 spiro atoms. The molecule has 1 aliphatic rings. The number of benzene rings is 1. The van der Waals surface area contributed by atoms with Gasteiger partial charge in [0.2, 0.25) is 11.2 Å². The number of carbonyl (C=O) groups excluding carboxylic acids is 1. The first-order valence-corrected chi connectivity index (χ1v) is 9.22. The molecular weight excluding hydrogens is 389 g/mol. The van der Waals surface area contributed by atoms with E-state index in [9.17, 15) is 4.79 Å². The molecule has 0 aliphatic carbocycles. The second-order valence-electron chi connectivity index (χ2n) is 6.49. The fourth-order valence-corrected chi connectivity index (χ4v) is 3.84. The van der Waals surface area contributed by atoms with Gasteiger partial charge in [0.25, 0.3) is 0 Å². The lowest BCUT2D eigenvalue weighted by Gasteiger charge is -2.17. The molecule has 3 atom stereocenters. The van der Waals surface area contributed by atoms with Crippen LogP contribution < -0.4 is 5.32 Å². The average molecular weight is 406 g/mol. The van der Waals surface area contributed by atoms with Crippen LogP contribution in [0.5, 0.6) is 0 Å². The first kappa shape index (κ1) is 18.2. The van der Waals surface area contributed by atoms with Gasteiger partial charge in [-0.15, -0.1) is 0 Å². The number of hydrogen-bond donors (Lipinski definition) is 1. The summed E-state index contributed by atoms with van der Waals surface area (Å²) < 4.78 is 7.86. The number of ether oxygens (including phenoxy) is 1. The van der Waals surface area contributed by atoms with Crippen molar-refractivity contribution in [3.8, 4) is 0 Å². The van der Waals surface area contributed by atoms with Crippen LogP contribution in [0.2, 0.25) is 10.4 Å². The van der Waals surface area contributed by atoms with Crippen molar-refractivity contribution < 1.29 is 9.53 Å². The van der Waals surface area contributed by atoms with E-state index in [2.05, 4.69) is 20.3 Å². The second kappa shape index (κ2) is 7.07. The van der Waals surface area contributed by atoms with Gasteiger partial charge < -0.3 is 10.1 Å². The summed E-state index contributed by atoms with van der Waals surface area (Å²) in [6, 6.07) is 8.12. The topological polar surface area (TPSA) is 81.9 Å². The zero-order valence-electron chi connectivity index (χ0n) is 14.7. The number of likely N-dealkylation sites (N-methyl/N-ethyl adjacent to an activating group) is 1. The third-order valence-corrected chi connectivity index (χ3v) is 5.23. The quantitative estimate of drug-likeness (QED) is 0.534. The summed E-state index contributed by atoms with van der Waals surface area (Å²) in [6.45, 7) is 2.03. The standard InChI is InChI=1S/C18H17Cl2N5O2/c1-9-3-5-10(6-4-9)11-7-12(27-14(11)17(26)21-2)25-8-22-13-15(19)23-18(20)24-16(13)25/h3-6,8,11-12,14H,7H2,1-2H3,(H,21,26)/t11-,12-,14+/m1/s1. The molecule has 1 aromatic carbocycles. The molecule has 7 nitrogen and oxygen atoms in total. The minimum atomic E-state index is -0.618. The molecule has 27 heavy (non-hydrogen) atoms. The van der Waals surface area contributed by atoms with E-state index < -0.39 is 12.3 Å². The van der Waals surface area contributed by atoms with Gasteiger partial charge in [-0.2, -0.15) is 4.98 Å². The Labute approximate surface area is 165 Å². The highest BCUT2D eigenvalue weighted by molar-refractivity contribution is 6.35. The van der Waals surface area contributed by atoms with Crippen LogP contribution in [0.15, 0.2) is 30.6 Å². The van der Waals surface area contributed by atoms with Gasteiger partial charge in [0, 0.05) is 19.4 Å². The molecule has 2 aromatic heterocycles. The fourth-order valence-electron chi connectivity index (χ4n) is 3.42. The summed E-state index contributed by atoms with van der Waals surface area (Å²) in [5, 5.41) is 2.90. The molecule has 4 rings (SSSR count). The van der Waals surface area contributed by atoms with E-state index in [1.165, 1.54) is 0 Å². The summed E-state index contributed by atoms with van der Waals surface area (Å²) >= 11 is 12.1. The van der Waals surface area contributed by atoms with Crippen molar-refractivity contribution in [3.05, 3.63) is 52.2 Å². The van der Waals surface area contributed by atoms with Crippen molar-refractivity contribution in [2.24, 2.45) is 0 Å². The van der Waals surface area contributed by atoms with E-state index in [0.717, 1.165) is 11.1 Å². The lowest BCUT2D eigenvalue weighted by atomic mass is 9.91. The molecule has 0 saturated carbocycles. The van der Waals surface area contributed by atoms with Crippen molar-refractivity contribution in [2.75, 3.05) is 7.05 Å². The Morgan fingerprint density at radius 3 is 2.70 bits per heavy atom. The van der Waals surface area contributed by atoms with E-state index in [-0.39, 0.29) is 22.3 Å². The number of carbonyl (C=O) groups is 1. The highest BCUT2D eigenvalue weighted by Gasteiger charge is 2.41. The second-order valence-corrected chi connectivity index (χ2v) is 7.18. The number of halogens is 2. The van der Waals surface area contributed by atoms with Crippen LogP contribution in [-0.2, 0) is 9.53 Å². The van der Waals surface area contributed by atoms with Crippen LogP contribution in [0.1, 0.15) is 29.7 Å². The van der Waals surface area contributed by atoms with Crippen molar-refractivity contribution in [3.63, 3.8) is 0 Å². The van der Waals surface area contributed by atoms with Crippen molar-refractivity contribution in [1.82, 2.24) is 24.8 Å². The predicted molar refractivity (Wildman–Crippen MR) is 102 cm³/mol. The molecule has 140 valence electrons. The summed E-state index contributed by atoms with van der Waals surface area (Å²) in [5.74, 6) is -0.265. The van der Waals surface area contributed by atoms with E-state index in [0.29, 0.717) is 17.6 Å². The van der Waals surface area contributed by atoms with Gasteiger partial charge in [0.15, 0.2) is 10.8 Å². The van der Waals surface area contributed by atoms with Crippen molar-refractivity contribution >= 4 is 40.3 Å². The normalized spacial score (nSPS) is 22.3. The largest absolute Gasteiger partial charge is 0.357 e. The highest BCUT2D eigenvalue weighted by Crippen LogP contribution is 2.41. The third-order valence-electron chi connectivity index (χ3n) is 4.80. The number of amides is 1. The van der Waals surface area contributed by atoms with Crippen LogP contribution in [0.25, 0.3) is 11.2 Å². The Hall–Kier alpha value is -2.22. The number of aromatic nitrogens is 4. The maximum atomic E-state index is 12.4. The molecule has 1 fully saturated rings. The molecule has 3 heterocycles. The highest BCUT2D eigenvalue weighted by atomic mass is 35.5. The van der Waals surface area contributed by atoms with Crippen LogP contribution >= 0.6 is 23.2 Å². The molecule has 9 heteroatoms. The monoisotopic (exact) mass is 405 g/mol. The minimum absolute atomic E-state index is 0.0326. The Morgan fingerprint density at radius 1 is 1.26 bits per heavy atom. The third kappa shape index (κ3) is 3.26. The maximum Gasteiger partial charge on any atom is 0.249 e. The summed E-state index contributed by atoms with van der Waals surface area (Å²) in [5.41, 5.74) is 3.13. The number of aryl methyl sites for hydroxylation is 1. The Morgan fingerprint density at radius 2 is 2.00 bits per heavy atom. The Balaban J connectivity index is 1.73. The number of imidazole rings is 1. The van der Waals surface area contributed by atoms with E-state index in [1.807, 2.05) is 31.2 Å². The SMILES string of the molecule is CNC(=O)[C@H]1O[C@@H](n2cnc3c(Cl)nc(Cl)nc32)C[C@@H]1c1ccc(C)cc1. The number of rotatable bonds is 3. The summed E-state index contributed by atoms with van der Waals surface area (Å²) in [6.07, 6.45) is 1.13. The Bertz CT molecular complexity index is 1000. The van der Waals surface area contributed by atoms with Crippen LogP contribution in [0.4, 0.5) is 0 Å². The molecule has 1 saturated heterocycles. The molecule has 3 aromatic rings. The van der Waals surface area contributed by atoms with Crippen molar-refractivity contribution in [1.29, 1.82) is 0 Å². The summed E-state index contributed by atoms with van der Waals surface area (Å²) in [7, 11) is 1.60. The van der Waals surface area contributed by atoms with Crippen molar-refractivity contribution in [2.45, 2.75) is 31.6 Å². The van der Waals surface area contributed by atoms with E-state index >= 15 is 0 Å². The number of hydrogen-bond acceptors (Lipinski definition) is 5. The Kier molecular flexibility index (Phi) is 4.75. The van der Waals surface area contributed by atoms with Crippen LogP contribution in [0.3, 0.4) is 0 Å². The lowest BCUT2D eigenvalue weighted by Crippen LogP contribution is -2.35. The van der Waals surface area contributed by atoms with E-state index in [4.69, 9.17) is 27.9 Å². The van der Waals surface area contributed by atoms with Gasteiger partial charge in [0.05, 0.1) is 6.33 Å². The van der Waals surface area contributed by atoms with Gasteiger partial charge in [-0.3, -0.25) is 9.36 Å². The first-order valence-electron chi connectivity index (χ1n) is 8.47. The number of nitrogens with zero attached hydrogens (tertiary/aromatic N) is 4. The average Bonchev–Trinajstić information content (AvgIpc) is 3.26.